The molecule has 138 valence electrons. The molecule has 1 aromatic carbocycles. The molecule has 1 unspecified atom stereocenters. The van der Waals surface area contributed by atoms with E-state index in [1.807, 2.05) is 17.5 Å². The molecular weight excluding hydrogens is 364 g/mol. The molecule has 1 fully saturated rings. The highest BCUT2D eigenvalue weighted by Crippen LogP contribution is 2.23. The van der Waals surface area contributed by atoms with Gasteiger partial charge in [-0.15, -0.1) is 11.3 Å². The number of benzene rings is 1. The van der Waals surface area contributed by atoms with Crippen LogP contribution < -0.4 is 10.9 Å². The number of anilines is 1. The van der Waals surface area contributed by atoms with Crippen molar-refractivity contribution in [1.82, 2.24) is 4.90 Å². The minimum atomic E-state index is -0.406. The molecule has 0 radical (unpaired) electrons. The van der Waals surface area contributed by atoms with Crippen LogP contribution in [0, 0.1) is 5.92 Å². The number of thiophene rings is 1. The van der Waals surface area contributed by atoms with E-state index >= 15 is 0 Å². The maximum Gasteiger partial charge on any atom is 0.336 e. The summed E-state index contributed by atoms with van der Waals surface area (Å²) in [7, 11) is 0. The van der Waals surface area contributed by atoms with E-state index in [2.05, 4.69) is 5.32 Å². The van der Waals surface area contributed by atoms with Crippen LogP contribution >= 0.6 is 11.3 Å². The molecule has 6 nitrogen and oxygen atoms in total. The van der Waals surface area contributed by atoms with E-state index in [1.54, 1.807) is 29.2 Å². The lowest BCUT2D eigenvalue weighted by molar-refractivity contribution is -0.121. The molecule has 2 amide bonds. The first kappa shape index (κ1) is 17.5. The van der Waals surface area contributed by atoms with Gasteiger partial charge in [-0.1, -0.05) is 6.07 Å². The number of hydrogen-bond donors (Lipinski definition) is 1. The maximum atomic E-state index is 12.7. The smallest absolute Gasteiger partial charge is 0.336 e. The molecule has 4 rings (SSSR count). The largest absolute Gasteiger partial charge is 0.423 e. The summed E-state index contributed by atoms with van der Waals surface area (Å²) in [6.07, 6.45) is 1.56. The number of fused-ring (bicyclic) bond motifs is 1. The molecule has 1 saturated heterocycles. The van der Waals surface area contributed by atoms with Gasteiger partial charge in [0.05, 0.1) is 10.8 Å². The van der Waals surface area contributed by atoms with Gasteiger partial charge in [0, 0.05) is 30.2 Å². The number of carbonyl (C=O) groups is 2. The Hall–Kier alpha value is -2.93. The molecular formula is C20H18N2O4S. The topological polar surface area (TPSA) is 79.6 Å². The third kappa shape index (κ3) is 3.78. The second-order valence-electron chi connectivity index (χ2n) is 6.56. The average Bonchev–Trinajstić information content (AvgIpc) is 3.22. The van der Waals surface area contributed by atoms with Gasteiger partial charge in [0.2, 0.25) is 5.91 Å². The van der Waals surface area contributed by atoms with Gasteiger partial charge in [-0.2, -0.15) is 0 Å². The van der Waals surface area contributed by atoms with Gasteiger partial charge in [0.25, 0.3) is 5.91 Å². The van der Waals surface area contributed by atoms with E-state index in [9.17, 15) is 14.4 Å². The minimum absolute atomic E-state index is 0.0109. The van der Waals surface area contributed by atoms with Crippen molar-refractivity contribution in [3.63, 3.8) is 0 Å². The maximum absolute atomic E-state index is 12.7. The second kappa shape index (κ2) is 7.36. The Kier molecular flexibility index (Phi) is 4.77. The Morgan fingerprint density at radius 1 is 1.19 bits per heavy atom. The Labute approximate surface area is 159 Å². The Morgan fingerprint density at radius 3 is 2.89 bits per heavy atom. The molecule has 1 aliphatic heterocycles. The van der Waals surface area contributed by atoms with Crippen molar-refractivity contribution in [2.45, 2.75) is 12.8 Å². The van der Waals surface area contributed by atoms with Crippen molar-refractivity contribution in [2.24, 2.45) is 5.92 Å². The van der Waals surface area contributed by atoms with E-state index in [0.29, 0.717) is 29.2 Å². The summed E-state index contributed by atoms with van der Waals surface area (Å²) >= 11 is 1.42. The quantitative estimate of drug-likeness (QED) is 0.705. The molecule has 0 spiro atoms. The zero-order valence-corrected chi connectivity index (χ0v) is 15.3. The molecule has 2 aromatic heterocycles. The van der Waals surface area contributed by atoms with Gasteiger partial charge in [-0.3, -0.25) is 9.59 Å². The molecule has 0 aliphatic carbocycles. The van der Waals surface area contributed by atoms with Crippen LogP contribution in [-0.4, -0.2) is 29.8 Å². The van der Waals surface area contributed by atoms with Crippen molar-refractivity contribution in [3.8, 4) is 0 Å². The van der Waals surface area contributed by atoms with Crippen molar-refractivity contribution >= 4 is 39.8 Å². The first-order valence-electron chi connectivity index (χ1n) is 8.78. The normalized spacial score (nSPS) is 17.0. The van der Waals surface area contributed by atoms with E-state index in [0.717, 1.165) is 18.2 Å². The lowest BCUT2D eigenvalue weighted by atomic mass is 9.96. The van der Waals surface area contributed by atoms with Crippen LogP contribution in [0.15, 0.2) is 57.1 Å². The van der Waals surface area contributed by atoms with E-state index in [4.69, 9.17) is 4.42 Å². The first-order chi connectivity index (χ1) is 13.1. The Bertz CT molecular complexity index is 1040. The molecule has 7 heteroatoms. The number of nitrogens with one attached hydrogen (secondary N) is 1. The van der Waals surface area contributed by atoms with Gasteiger partial charge >= 0.3 is 5.63 Å². The summed E-state index contributed by atoms with van der Waals surface area (Å²) in [5, 5.41) is 5.54. The fourth-order valence-electron chi connectivity index (χ4n) is 3.33. The number of nitrogens with zero attached hydrogens (tertiary/aromatic N) is 1. The molecule has 3 heterocycles. The lowest BCUT2D eigenvalue weighted by Gasteiger charge is -2.31. The monoisotopic (exact) mass is 382 g/mol. The van der Waals surface area contributed by atoms with Gasteiger partial charge in [0.1, 0.15) is 5.58 Å². The number of carbonyl (C=O) groups excluding carboxylic acids is 2. The first-order valence-corrected chi connectivity index (χ1v) is 9.66. The highest BCUT2D eigenvalue weighted by Gasteiger charge is 2.29. The van der Waals surface area contributed by atoms with Crippen LogP contribution in [0.25, 0.3) is 11.0 Å². The van der Waals surface area contributed by atoms with Crippen LogP contribution in [0.5, 0.6) is 0 Å². The van der Waals surface area contributed by atoms with Crippen LogP contribution in [0.1, 0.15) is 22.5 Å². The predicted molar refractivity (Wildman–Crippen MR) is 104 cm³/mol. The minimum Gasteiger partial charge on any atom is -0.423 e. The second-order valence-corrected chi connectivity index (χ2v) is 7.51. The zero-order chi connectivity index (χ0) is 18.8. The Balaban J connectivity index is 1.45. The van der Waals surface area contributed by atoms with E-state index in [1.165, 1.54) is 17.4 Å². The standard InChI is InChI=1S/C20H18N2O4S/c23-18-8-5-13-11-15(6-7-16(13)26-18)21-19(24)14-3-1-9-22(12-14)20(25)17-4-2-10-27-17/h2,4-8,10-11,14H,1,3,9,12H2,(H,21,24). The van der Waals surface area contributed by atoms with Crippen LogP contribution in [0.2, 0.25) is 0 Å². The van der Waals surface area contributed by atoms with Crippen molar-refractivity contribution in [2.75, 3.05) is 18.4 Å². The van der Waals surface area contributed by atoms with Crippen LogP contribution in [0.3, 0.4) is 0 Å². The third-order valence-corrected chi connectivity index (χ3v) is 5.56. The highest BCUT2D eigenvalue weighted by molar-refractivity contribution is 7.12. The lowest BCUT2D eigenvalue weighted by Crippen LogP contribution is -2.43. The number of likely N-dealkylation sites (tertiary alicyclic amines) is 1. The molecule has 27 heavy (non-hydrogen) atoms. The third-order valence-electron chi connectivity index (χ3n) is 4.70. The predicted octanol–water partition coefficient (Wildman–Crippen LogP) is 3.35. The summed E-state index contributed by atoms with van der Waals surface area (Å²) in [5.74, 6) is -0.356. The summed E-state index contributed by atoms with van der Waals surface area (Å²) in [6.45, 7) is 1.10. The van der Waals surface area contributed by atoms with Crippen molar-refractivity contribution in [3.05, 3.63) is 63.1 Å². The zero-order valence-electron chi connectivity index (χ0n) is 14.5. The number of amides is 2. The highest BCUT2D eigenvalue weighted by atomic mass is 32.1. The fourth-order valence-corrected chi connectivity index (χ4v) is 4.02. The summed E-state index contributed by atoms with van der Waals surface area (Å²) < 4.78 is 5.10. The van der Waals surface area contributed by atoms with Crippen LogP contribution in [-0.2, 0) is 4.79 Å². The van der Waals surface area contributed by atoms with Gasteiger partial charge in [-0.25, -0.2) is 4.79 Å². The molecule has 0 bridgehead atoms. The van der Waals surface area contributed by atoms with Gasteiger partial charge in [0.15, 0.2) is 0 Å². The average molecular weight is 382 g/mol. The van der Waals surface area contributed by atoms with E-state index < -0.39 is 5.63 Å². The van der Waals surface area contributed by atoms with E-state index in [-0.39, 0.29) is 17.7 Å². The summed E-state index contributed by atoms with van der Waals surface area (Å²) in [6, 6.07) is 11.8. The number of hydrogen-bond acceptors (Lipinski definition) is 5. The SMILES string of the molecule is O=C(Nc1ccc2oc(=O)ccc2c1)C1CCCN(C(=O)c2cccs2)C1. The summed E-state index contributed by atoms with van der Waals surface area (Å²) in [5.41, 5.74) is 0.714. The van der Waals surface area contributed by atoms with Gasteiger partial charge < -0.3 is 14.6 Å². The van der Waals surface area contributed by atoms with Crippen molar-refractivity contribution < 1.29 is 14.0 Å². The summed E-state index contributed by atoms with van der Waals surface area (Å²) in [4.78, 5) is 38.9. The van der Waals surface area contributed by atoms with Crippen molar-refractivity contribution in [1.29, 1.82) is 0 Å². The molecule has 3 aromatic rings. The van der Waals surface area contributed by atoms with Gasteiger partial charge in [-0.05, 0) is 48.6 Å². The molecule has 0 saturated carbocycles. The Morgan fingerprint density at radius 2 is 2.07 bits per heavy atom. The molecule has 1 N–H and O–H groups in total. The molecule has 1 atom stereocenters. The fraction of sp³-hybridized carbons (Fsp3) is 0.250. The van der Waals surface area contributed by atoms with Crippen LogP contribution in [0.4, 0.5) is 5.69 Å². The number of rotatable bonds is 3. The molecule has 1 aliphatic rings. The number of piperidine rings is 1.